The first-order valence-electron chi connectivity index (χ1n) is 11.4. The molecule has 8 heteroatoms. The summed E-state index contributed by atoms with van der Waals surface area (Å²) < 4.78 is 13.0. The minimum atomic E-state index is -0.297. The van der Waals surface area contributed by atoms with Crippen molar-refractivity contribution in [1.29, 1.82) is 0 Å². The highest BCUT2D eigenvalue weighted by Crippen LogP contribution is 2.26. The van der Waals surface area contributed by atoms with E-state index in [2.05, 4.69) is 30.2 Å². The van der Waals surface area contributed by atoms with Gasteiger partial charge in [-0.1, -0.05) is 19.1 Å². The van der Waals surface area contributed by atoms with Crippen molar-refractivity contribution in [2.24, 2.45) is 0 Å². The SMILES string of the molecule is CCc1ncc(CN2CCC[C@H](c3ncc(C(=O)NCc4ccc(F)cc4)c(C)n3)C2)cn1. The lowest BCUT2D eigenvalue weighted by Crippen LogP contribution is -2.35. The summed E-state index contributed by atoms with van der Waals surface area (Å²) in [6.07, 6.45) is 8.38. The molecule has 1 fully saturated rings. The first-order chi connectivity index (χ1) is 16.0. The smallest absolute Gasteiger partial charge is 0.254 e. The average molecular weight is 449 g/mol. The number of aromatic nitrogens is 4. The number of nitrogens with zero attached hydrogens (tertiary/aromatic N) is 5. The maximum atomic E-state index is 13.0. The van der Waals surface area contributed by atoms with Gasteiger partial charge < -0.3 is 5.32 Å². The molecule has 1 saturated heterocycles. The van der Waals surface area contributed by atoms with Crippen molar-refractivity contribution < 1.29 is 9.18 Å². The number of rotatable bonds is 7. The van der Waals surface area contributed by atoms with Gasteiger partial charge in [0, 0.05) is 56.1 Å². The minimum Gasteiger partial charge on any atom is -0.348 e. The Morgan fingerprint density at radius 2 is 1.88 bits per heavy atom. The Morgan fingerprint density at radius 1 is 1.12 bits per heavy atom. The fourth-order valence-corrected chi connectivity index (χ4v) is 4.10. The number of nitrogens with one attached hydrogen (secondary N) is 1. The fourth-order valence-electron chi connectivity index (χ4n) is 4.10. The highest BCUT2D eigenvalue weighted by atomic mass is 19.1. The number of aryl methyl sites for hydroxylation is 2. The molecule has 1 N–H and O–H groups in total. The van der Waals surface area contributed by atoms with Gasteiger partial charge in [-0.25, -0.2) is 24.3 Å². The molecule has 1 aromatic carbocycles. The molecular weight excluding hydrogens is 419 g/mol. The quantitative estimate of drug-likeness (QED) is 0.595. The van der Waals surface area contributed by atoms with E-state index in [0.29, 0.717) is 17.8 Å². The van der Waals surface area contributed by atoms with Gasteiger partial charge in [-0.3, -0.25) is 9.69 Å². The molecule has 3 aromatic rings. The highest BCUT2D eigenvalue weighted by molar-refractivity contribution is 5.94. The van der Waals surface area contributed by atoms with Crippen LogP contribution < -0.4 is 5.32 Å². The van der Waals surface area contributed by atoms with Crippen LogP contribution in [0.1, 0.15) is 64.5 Å². The number of hydrogen-bond acceptors (Lipinski definition) is 6. The first kappa shape index (κ1) is 22.9. The Balaban J connectivity index is 1.36. The third-order valence-electron chi connectivity index (χ3n) is 5.96. The summed E-state index contributed by atoms with van der Waals surface area (Å²) in [5.74, 6) is 1.34. The van der Waals surface area contributed by atoms with Gasteiger partial charge in [-0.05, 0) is 44.0 Å². The van der Waals surface area contributed by atoms with Gasteiger partial charge in [-0.15, -0.1) is 0 Å². The van der Waals surface area contributed by atoms with Crippen LogP contribution in [-0.4, -0.2) is 43.8 Å². The van der Waals surface area contributed by atoms with Crippen LogP contribution in [0, 0.1) is 12.7 Å². The Kier molecular flexibility index (Phi) is 7.34. The maximum absolute atomic E-state index is 13.0. The Bertz CT molecular complexity index is 1090. The maximum Gasteiger partial charge on any atom is 0.254 e. The van der Waals surface area contributed by atoms with Crippen molar-refractivity contribution >= 4 is 5.91 Å². The Morgan fingerprint density at radius 3 is 2.58 bits per heavy atom. The number of likely N-dealkylation sites (tertiary alicyclic amines) is 1. The van der Waals surface area contributed by atoms with Crippen LogP contribution in [0.25, 0.3) is 0 Å². The second-order valence-electron chi connectivity index (χ2n) is 8.47. The number of carbonyl (C=O) groups is 1. The molecule has 0 spiro atoms. The van der Waals surface area contributed by atoms with E-state index in [9.17, 15) is 9.18 Å². The van der Waals surface area contributed by atoms with E-state index in [1.807, 2.05) is 26.2 Å². The van der Waals surface area contributed by atoms with E-state index in [1.165, 1.54) is 12.1 Å². The summed E-state index contributed by atoms with van der Waals surface area (Å²) >= 11 is 0. The van der Waals surface area contributed by atoms with Gasteiger partial charge in [0.15, 0.2) is 0 Å². The number of carbonyl (C=O) groups excluding carboxylic acids is 1. The largest absolute Gasteiger partial charge is 0.348 e. The number of halogens is 1. The molecule has 172 valence electrons. The second-order valence-corrected chi connectivity index (χ2v) is 8.47. The van der Waals surface area contributed by atoms with Crippen LogP contribution in [-0.2, 0) is 19.5 Å². The van der Waals surface area contributed by atoms with Crippen LogP contribution in [0.3, 0.4) is 0 Å². The van der Waals surface area contributed by atoms with Crippen molar-refractivity contribution in [3.8, 4) is 0 Å². The predicted octanol–water partition coefficient (Wildman–Crippen LogP) is 3.59. The predicted molar refractivity (Wildman–Crippen MR) is 123 cm³/mol. The van der Waals surface area contributed by atoms with E-state index < -0.39 is 0 Å². The van der Waals surface area contributed by atoms with E-state index in [1.54, 1.807) is 18.3 Å². The molecule has 0 unspecified atom stereocenters. The normalized spacial score (nSPS) is 16.5. The molecule has 7 nitrogen and oxygen atoms in total. The monoisotopic (exact) mass is 448 g/mol. The summed E-state index contributed by atoms with van der Waals surface area (Å²) in [6.45, 7) is 6.90. The van der Waals surface area contributed by atoms with E-state index in [0.717, 1.165) is 61.7 Å². The van der Waals surface area contributed by atoms with Crippen LogP contribution in [0.4, 0.5) is 4.39 Å². The lowest BCUT2D eigenvalue weighted by atomic mass is 9.96. The topological polar surface area (TPSA) is 83.9 Å². The van der Waals surface area contributed by atoms with Crippen LogP contribution in [0.5, 0.6) is 0 Å². The Hall–Kier alpha value is -3.26. The van der Waals surface area contributed by atoms with Crippen molar-refractivity contribution in [1.82, 2.24) is 30.2 Å². The van der Waals surface area contributed by atoms with Gasteiger partial charge in [0.05, 0.1) is 11.3 Å². The first-order valence-corrected chi connectivity index (χ1v) is 11.4. The standard InChI is InChI=1S/C25H29FN6O/c1-3-23-27-12-19(13-28-23)15-32-10-4-5-20(16-32)24-29-14-22(17(2)31-24)25(33)30-11-18-6-8-21(26)9-7-18/h6-9,12-14,20H,3-5,10-11,15-16H2,1-2H3,(H,30,33)/t20-/m0/s1. The molecule has 1 aliphatic heterocycles. The third-order valence-corrected chi connectivity index (χ3v) is 5.96. The van der Waals surface area contributed by atoms with E-state index in [4.69, 9.17) is 0 Å². The van der Waals surface area contributed by atoms with Crippen molar-refractivity contribution in [3.05, 3.63) is 82.7 Å². The second kappa shape index (κ2) is 10.6. The average Bonchev–Trinajstić information content (AvgIpc) is 2.84. The molecule has 1 atom stereocenters. The number of hydrogen-bond donors (Lipinski definition) is 1. The van der Waals surface area contributed by atoms with Crippen LogP contribution in [0.2, 0.25) is 0 Å². The van der Waals surface area contributed by atoms with Crippen molar-refractivity contribution in [2.75, 3.05) is 13.1 Å². The van der Waals surface area contributed by atoms with Gasteiger partial charge in [0.2, 0.25) is 0 Å². The molecule has 0 radical (unpaired) electrons. The highest BCUT2D eigenvalue weighted by Gasteiger charge is 2.24. The molecule has 0 bridgehead atoms. The van der Waals surface area contributed by atoms with Gasteiger partial charge >= 0.3 is 0 Å². The van der Waals surface area contributed by atoms with Crippen LogP contribution >= 0.6 is 0 Å². The Labute approximate surface area is 193 Å². The van der Waals surface area contributed by atoms with Crippen molar-refractivity contribution in [2.45, 2.75) is 52.1 Å². The summed E-state index contributed by atoms with van der Waals surface area (Å²) in [6, 6.07) is 6.07. The lowest BCUT2D eigenvalue weighted by molar-refractivity contribution is 0.0949. The molecule has 4 rings (SSSR count). The number of amides is 1. The molecule has 0 saturated carbocycles. The zero-order valence-electron chi connectivity index (χ0n) is 19.1. The summed E-state index contributed by atoms with van der Waals surface area (Å²) in [4.78, 5) is 33.0. The summed E-state index contributed by atoms with van der Waals surface area (Å²) in [5, 5.41) is 2.86. The zero-order chi connectivity index (χ0) is 23.2. The van der Waals surface area contributed by atoms with Gasteiger partial charge in [0.25, 0.3) is 5.91 Å². The van der Waals surface area contributed by atoms with Gasteiger partial charge in [0.1, 0.15) is 17.5 Å². The van der Waals surface area contributed by atoms with E-state index >= 15 is 0 Å². The van der Waals surface area contributed by atoms with Crippen LogP contribution in [0.15, 0.2) is 42.9 Å². The molecule has 1 aliphatic rings. The molecule has 1 amide bonds. The van der Waals surface area contributed by atoms with Gasteiger partial charge in [-0.2, -0.15) is 0 Å². The zero-order valence-corrected chi connectivity index (χ0v) is 19.1. The molecule has 0 aliphatic carbocycles. The van der Waals surface area contributed by atoms with E-state index in [-0.39, 0.29) is 17.6 Å². The fraction of sp³-hybridized carbons (Fsp3) is 0.400. The molecule has 33 heavy (non-hydrogen) atoms. The minimum absolute atomic E-state index is 0.226. The molecule has 3 heterocycles. The molecule has 2 aromatic heterocycles. The van der Waals surface area contributed by atoms with Crippen molar-refractivity contribution in [3.63, 3.8) is 0 Å². The lowest BCUT2D eigenvalue weighted by Gasteiger charge is -2.32. The number of benzene rings is 1. The number of piperidine rings is 1. The third kappa shape index (κ3) is 5.96. The summed E-state index contributed by atoms with van der Waals surface area (Å²) in [5.41, 5.74) is 3.06. The summed E-state index contributed by atoms with van der Waals surface area (Å²) in [7, 11) is 0. The molecular formula is C25H29FN6O.